The van der Waals surface area contributed by atoms with Crippen LogP contribution in [0.2, 0.25) is 0 Å². The summed E-state index contributed by atoms with van der Waals surface area (Å²) in [7, 11) is 1.73. The van der Waals surface area contributed by atoms with Gasteiger partial charge in [-0.1, -0.05) is 24.3 Å². The normalized spacial score (nSPS) is 13.9. The van der Waals surface area contributed by atoms with E-state index in [0.717, 1.165) is 18.4 Å². The number of amides is 2. The van der Waals surface area contributed by atoms with Crippen molar-refractivity contribution in [1.82, 2.24) is 4.98 Å². The van der Waals surface area contributed by atoms with Crippen LogP contribution in [-0.4, -0.2) is 30.5 Å². The van der Waals surface area contributed by atoms with Gasteiger partial charge >= 0.3 is 0 Å². The molecular weight excluding hydrogens is 402 g/mol. The van der Waals surface area contributed by atoms with Gasteiger partial charge in [-0.15, -0.1) is 0 Å². The minimum absolute atomic E-state index is 0.124. The molecule has 2 amide bonds. The lowest BCUT2D eigenvalue weighted by Gasteiger charge is -2.24. The molecule has 1 heterocycles. The number of pyridine rings is 1. The third kappa shape index (κ3) is 4.70. The first-order valence-corrected chi connectivity index (χ1v) is 10.7. The zero-order chi connectivity index (χ0) is 22.6. The summed E-state index contributed by atoms with van der Waals surface area (Å²) >= 11 is 0. The lowest BCUT2D eigenvalue weighted by molar-refractivity contribution is -0.116. The number of ether oxygens (including phenoxy) is 1. The van der Waals surface area contributed by atoms with Crippen LogP contribution in [0, 0.1) is 0 Å². The highest BCUT2D eigenvalue weighted by Gasteiger charge is 2.44. The Labute approximate surface area is 188 Å². The smallest absolute Gasteiger partial charge is 0.257 e. The van der Waals surface area contributed by atoms with Crippen LogP contribution in [0.1, 0.15) is 41.3 Å². The number of nitrogens with zero attached hydrogens (tertiary/aromatic N) is 2. The molecule has 0 aliphatic heterocycles. The van der Waals surface area contributed by atoms with Gasteiger partial charge in [0.25, 0.3) is 5.91 Å². The van der Waals surface area contributed by atoms with Crippen molar-refractivity contribution in [3.63, 3.8) is 0 Å². The zero-order valence-corrected chi connectivity index (χ0v) is 18.4. The molecule has 0 unspecified atom stereocenters. The van der Waals surface area contributed by atoms with Crippen molar-refractivity contribution in [2.75, 3.05) is 23.9 Å². The van der Waals surface area contributed by atoms with Crippen molar-refractivity contribution >= 4 is 23.2 Å². The molecule has 164 valence electrons. The van der Waals surface area contributed by atoms with E-state index in [2.05, 4.69) is 22.4 Å². The highest BCUT2D eigenvalue weighted by molar-refractivity contribution is 6.10. The number of methoxy groups -OCH3 is 1. The van der Waals surface area contributed by atoms with E-state index < -0.39 is 0 Å². The lowest BCUT2D eigenvalue weighted by Crippen LogP contribution is -2.30. The van der Waals surface area contributed by atoms with Gasteiger partial charge in [0.1, 0.15) is 0 Å². The Hall–Kier alpha value is -3.51. The van der Waals surface area contributed by atoms with Crippen molar-refractivity contribution in [3.05, 3.63) is 89.7 Å². The first kappa shape index (κ1) is 21.7. The second-order valence-corrected chi connectivity index (χ2v) is 8.22. The van der Waals surface area contributed by atoms with Gasteiger partial charge < -0.3 is 15.0 Å². The second kappa shape index (κ2) is 9.32. The number of aromatic nitrogens is 1. The Balaban J connectivity index is 1.54. The Morgan fingerprint density at radius 1 is 1.03 bits per heavy atom. The summed E-state index contributed by atoms with van der Waals surface area (Å²) in [5, 5.41) is 2.97. The zero-order valence-electron chi connectivity index (χ0n) is 18.4. The number of hydrogen-bond acceptors (Lipinski definition) is 4. The molecule has 6 heteroatoms. The molecule has 0 spiro atoms. The van der Waals surface area contributed by atoms with E-state index in [-0.39, 0.29) is 17.2 Å². The number of carbonyl (C=O) groups excluding carboxylic acids is 2. The fourth-order valence-corrected chi connectivity index (χ4v) is 3.99. The summed E-state index contributed by atoms with van der Waals surface area (Å²) in [5.74, 6) is -0.397. The molecule has 1 aliphatic rings. The molecular formula is C26H27N3O3. The minimum atomic E-state index is -0.257. The monoisotopic (exact) mass is 429 g/mol. The minimum Gasteiger partial charge on any atom is -0.384 e. The molecule has 1 aliphatic carbocycles. The number of rotatable bonds is 8. The largest absolute Gasteiger partial charge is 0.384 e. The van der Waals surface area contributed by atoms with E-state index in [1.165, 1.54) is 12.5 Å². The molecule has 1 saturated carbocycles. The van der Waals surface area contributed by atoms with Crippen LogP contribution >= 0.6 is 0 Å². The van der Waals surface area contributed by atoms with Gasteiger partial charge in [0, 0.05) is 37.5 Å². The maximum atomic E-state index is 13.1. The topological polar surface area (TPSA) is 71.5 Å². The number of nitrogens with one attached hydrogen (secondary N) is 1. The standard InChI is InChI=1S/C26H27N3O3/c1-19(30)29(17-20-11-15-27-16-12-20)24-6-4-3-5-23(24)25(31)28-22-9-7-21(8-10-22)26(13-14-26)18-32-2/h3-12,15-16H,13-14,17-18H2,1-2H3,(H,28,31). The van der Waals surface area contributed by atoms with Crippen LogP contribution in [0.4, 0.5) is 11.4 Å². The van der Waals surface area contributed by atoms with Gasteiger partial charge in [0.15, 0.2) is 0 Å². The van der Waals surface area contributed by atoms with Crippen LogP contribution in [0.25, 0.3) is 0 Å². The first-order chi connectivity index (χ1) is 15.5. The van der Waals surface area contributed by atoms with Crippen LogP contribution in [0.5, 0.6) is 0 Å². The summed E-state index contributed by atoms with van der Waals surface area (Å²) in [6.07, 6.45) is 5.62. The Bertz CT molecular complexity index is 1090. The van der Waals surface area contributed by atoms with Gasteiger partial charge in [-0.2, -0.15) is 0 Å². The quantitative estimate of drug-likeness (QED) is 0.570. The SMILES string of the molecule is COCC1(c2ccc(NC(=O)c3ccccc3N(Cc3ccncc3)C(C)=O)cc2)CC1. The molecule has 1 N–H and O–H groups in total. The van der Waals surface area contributed by atoms with Crippen LogP contribution in [0.15, 0.2) is 73.1 Å². The average molecular weight is 430 g/mol. The van der Waals surface area contributed by atoms with Crippen LogP contribution < -0.4 is 10.2 Å². The predicted octanol–water partition coefficient (Wildman–Crippen LogP) is 4.57. The Morgan fingerprint density at radius 3 is 2.34 bits per heavy atom. The van der Waals surface area contributed by atoms with E-state index in [4.69, 9.17) is 4.74 Å². The van der Waals surface area contributed by atoms with E-state index >= 15 is 0 Å². The molecule has 4 rings (SSSR count). The maximum Gasteiger partial charge on any atom is 0.257 e. The van der Waals surface area contributed by atoms with E-state index in [1.807, 2.05) is 30.3 Å². The van der Waals surface area contributed by atoms with Crippen molar-refractivity contribution in [1.29, 1.82) is 0 Å². The Kier molecular flexibility index (Phi) is 6.32. The maximum absolute atomic E-state index is 13.1. The molecule has 0 bridgehead atoms. The molecule has 0 atom stereocenters. The molecule has 32 heavy (non-hydrogen) atoms. The fourth-order valence-electron chi connectivity index (χ4n) is 3.99. The van der Waals surface area contributed by atoms with Gasteiger partial charge in [-0.3, -0.25) is 14.6 Å². The number of carbonyl (C=O) groups is 2. The van der Waals surface area contributed by atoms with Gasteiger partial charge in [0.2, 0.25) is 5.91 Å². The summed E-state index contributed by atoms with van der Waals surface area (Å²) in [5.41, 5.74) is 4.02. The lowest BCUT2D eigenvalue weighted by atomic mass is 9.97. The highest BCUT2D eigenvalue weighted by atomic mass is 16.5. The van der Waals surface area contributed by atoms with Crippen LogP contribution in [-0.2, 0) is 21.5 Å². The van der Waals surface area contributed by atoms with Gasteiger partial charge in [0.05, 0.1) is 24.4 Å². The third-order valence-corrected chi connectivity index (χ3v) is 5.94. The summed E-state index contributed by atoms with van der Waals surface area (Å²) < 4.78 is 5.37. The molecule has 1 fully saturated rings. The molecule has 6 nitrogen and oxygen atoms in total. The predicted molar refractivity (Wildman–Crippen MR) is 125 cm³/mol. The third-order valence-electron chi connectivity index (χ3n) is 5.94. The number of hydrogen-bond donors (Lipinski definition) is 1. The number of anilines is 2. The van der Waals surface area contributed by atoms with Crippen LogP contribution in [0.3, 0.4) is 0 Å². The summed E-state index contributed by atoms with van der Waals surface area (Å²) in [6.45, 7) is 2.57. The molecule has 2 aromatic carbocycles. The van der Waals surface area contributed by atoms with Crippen molar-refractivity contribution < 1.29 is 14.3 Å². The summed E-state index contributed by atoms with van der Waals surface area (Å²) in [4.78, 5) is 31.2. The second-order valence-electron chi connectivity index (χ2n) is 8.22. The first-order valence-electron chi connectivity index (χ1n) is 10.7. The summed E-state index contributed by atoms with van der Waals surface area (Å²) in [6, 6.07) is 18.8. The van der Waals surface area contributed by atoms with Gasteiger partial charge in [-0.25, -0.2) is 0 Å². The van der Waals surface area contributed by atoms with E-state index in [1.54, 1.807) is 42.6 Å². The fraction of sp³-hybridized carbons (Fsp3) is 0.269. The van der Waals surface area contributed by atoms with Crippen molar-refractivity contribution in [3.8, 4) is 0 Å². The highest BCUT2D eigenvalue weighted by Crippen LogP contribution is 2.48. The van der Waals surface area contributed by atoms with E-state index in [0.29, 0.717) is 30.1 Å². The number of benzene rings is 2. The van der Waals surface area contributed by atoms with Crippen molar-refractivity contribution in [2.24, 2.45) is 0 Å². The molecule has 0 radical (unpaired) electrons. The molecule has 3 aromatic rings. The Morgan fingerprint density at radius 2 is 1.72 bits per heavy atom. The average Bonchev–Trinajstić information content (AvgIpc) is 3.59. The molecule has 1 aromatic heterocycles. The molecule has 0 saturated heterocycles. The van der Waals surface area contributed by atoms with Crippen molar-refractivity contribution in [2.45, 2.75) is 31.7 Å². The van der Waals surface area contributed by atoms with E-state index in [9.17, 15) is 9.59 Å². The van der Waals surface area contributed by atoms with Gasteiger partial charge in [-0.05, 0) is 60.4 Å². The number of para-hydroxylation sites is 1.